The highest BCUT2D eigenvalue weighted by atomic mass is 16.1. The molecule has 0 radical (unpaired) electrons. The summed E-state index contributed by atoms with van der Waals surface area (Å²) in [6.45, 7) is 3.47. The smallest absolute Gasteiger partial charge is 0.271 e. The lowest BCUT2D eigenvalue weighted by molar-refractivity contribution is 1.13. The summed E-state index contributed by atoms with van der Waals surface area (Å²) in [4.78, 5) is 13.5. The normalized spacial score (nSPS) is 10.0. The van der Waals surface area contributed by atoms with E-state index in [1.807, 2.05) is 0 Å². The van der Waals surface area contributed by atoms with E-state index in [1.165, 1.54) is 0 Å². The van der Waals surface area contributed by atoms with Crippen molar-refractivity contribution in [1.29, 1.82) is 0 Å². The first-order chi connectivity index (χ1) is 5.04. The van der Waals surface area contributed by atoms with Crippen LogP contribution in [0.5, 0.6) is 0 Å². The zero-order chi connectivity index (χ0) is 8.59. The number of pyridine rings is 1. The molecule has 5 N–H and O–H groups in total. The van der Waals surface area contributed by atoms with Crippen LogP contribution in [0.4, 0.5) is 11.4 Å². The maximum atomic E-state index is 11.0. The van der Waals surface area contributed by atoms with Gasteiger partial charge in [0.05, 0.1) is 5.69 Å². The van der Waals surface area contributed by atoms with Gasteiger partial charge in [0.2, 0.25) is 0 Å². The Morgan fingerprint density at radius 2 is 1.73 bits per heavy atom. The number of nitrogens with two attached hydrogens (primary N) is 2. The molecule has 0 fully saturated rings. The van der Waals surface area contributed by atoms with E-state index in [0.29, 0.717) is 16.9 Å². The molecule has 0 aromatic carbocycles. The summed E-state index contributed by atoms with van der Waals surface area (Å²) in [7, 11) is 0. The Labute approximate surface area is 64.2 Å². The molecule has 1 heterocycles. The van der Waals surface area contributed by atoms with E-state index >= 15 is 0 Å². The third-order valence-corrected chi connectivity index (χ3v) is 1.76. The van der Waals surface area contributed by atoms with Gasteiger partial charge in [0.1, 0.15) is 5.69 Å². The van der Waals surface area contributed by atoms with Crippen LogP contribution in [0.2, 0.25) is 0 Å². The van der Waals surface area contributed by atoms with Gasteiger partial charge < -0.3 is 16.5 Å². The standard InChI is InChI=1S/C7H11N3O/c1-3-5(8)4(2)10-7(11)6(3)9/h8-9H2,1-2H3,(H,10,11). The number of nitrogen functional groups attached to an aromatic ring is 2. The number of hydrogen-bond donors (Lipinski definition) is 3. The topological polar surface area (TPSA) is 84.9 Å². The Bertz CT molecular complexity index is 340. The minimum absolute atomic E-state index is 0.202. The van der Waals surface area contributed by atoms with Gasteiger partial charge in [0.25, 0.3) is 5.56 Å². The molecule has 0 aliphatic heterocycles. The van der Waals surface area contributed by atoms with E-state index in [0.717, 1.165) is 0 Å². The third kappa shape index (κ3) is 1.07. The SMILES string of the molecule is Cc1[nH]c(=O)c(N)c(C)c1N. The molecule has 0 atom stereocenters. The van der Waals surface area contributed by atoms with Gasteiger partial charge in [-0.3, -0.25) is 4.79 Å². The maximum absolute atomic E-state index is 11.0. The van der Waals surface area contributed by atoms with Crippen molar-refractivity contribution in [2.75, 3.05) is 11.5 Å². The maximum Gasteiger partial charge on any atom is 0.271 e. The van der Waals surface area contributed by atoms with E-state index < -0.39 is 0 Å². The lowest BCUT2D eigenvalue weighted by Gasteiger charge is -2.05. The molecule has 60 valence electrons. The van der Waals surface area contributed by atoms with Crippen molar-refractivity contribution in [3.05, 3.63) is 21.6 Å². The van der Waals surface area contributed by atoms with Gasteiger partial charge in [0.15, 0.2) is 0 Å². The number of aromatic nitrogens is 1. The first-order valence-corrected chi connectivity index (χ1v) is 3.28. The zero-order valence-corrected chi connectivity index (χ0v) is 6.56. The quantitative estimate of drug-likeness (QED) is 0.496. The first kappa shape index (κ1) is 7.65. The number of aromatic amines is 1. The summed E-state index contributed by atoms with van der Waals surface area (Å²) >= 11 is 0. The van der Waals surface area contributed by atoms with Crippen molar-refractivity contribution in [3.8, 4) is 0 Å². The molecule has 0 aliphatic rings. The van der Waals surface area contributed by atoms with Crippen molar-refractivity contribution in [2.24, 2.45) is 0 Å². The van der Waals surface area contributed by atoms with Crippen LogP contribution in [0.15, 0.2) is 4.79 Å². The molecule has 0 saturated carbocycles. The van der Waals surface area contributed by atoms with Gasteiger partial charge in [-0.15, -0.1) is 0 Å². The summed E-state index contributed by atoms with van der Waals surface area (Å²) in [5.41, 5.74) is 12.8. The van der Waals surface area contributed by atoms with Crippen LogP contribution in [0.1, 0.15) is 11.3 Å². The van der Waals surface area contributed by atoms with Gasteiger partial charge in [-0.2, -0.15) is 0 Å². The van der Waals surface area contributed by atoms with Crippen LogP contribution in [-0.2, 0) is 0 Å². The molecule has 4 nitrogen and oxygen atoms in total. The number of nitrogens with one attached hydrogen (secondary N) is 1. The highest BCUT2D eigenvalue weighted by Gasteiger charge is 2.04. The molecular weight excluding hydrogens is 142 g/mol. The summed E-state index contributed by atoms with van der Waals surface area (Å²) in [5, 5.41) is 0. The molecule has 0 bridgehead atoms. The second-order valence-corrected chi connectivity index (χ2v) is 2.53. The summed E-state index contributed by atoms with van der Waals surface area (Å²) in [5.74, 6) is 0. The number of rotatable bonds is 0. The Morgan fingerprint density at radius 3 is 2.27 bits per heavy atom. The molecule has 0 unspecified atom stereocenters. The molecule has 0 saturated heterocycles. The van der Waals surface area contributed by atoms with Gasteiger partial charge in [-0.1, -0.05) is 0 Å². The van der Waals surface area contributed by atoms with E-state index in [9.17, 15) is 4.79 Å². The fraction of sp³-hybridized carbons (Fsp3) is 0.286. The van der Waals surface area contributed by atoms with E-state index in [1.54, 1.807) is 13.8 Å². The summed E-state index contributed by atoms with van der Waals surface area (Å²) in [6.07, 6.45) is 0. The van der Waals surface area contributed by atoms with Crippen LogP contribution in [0.25, 0.3) is 0 Å². The summed E-state index contributed by atoms with van der Waals surface area (Å²) < 4.78 is 0. The molecule has 0 spiro atoms. The highest BCUT2D eigenvalue weighted by molar-refractivity contribution is 5.61. The molecular formula is C7H11N3O. The average Bonchev–Trinajstić information content (AvgIpc) is 1.97. The van der Waals surface area contributed by atoms with E-state index in [-0.39, 0.29) is 11.2 Å². The van der Waals surface area contributed by atoms with Crippen molar-refractivity contribution in [2.45, 2.75) is 13.8 Å². The van der Waals surface area contributed by atoms with Crippen molar-refractivity contribution >= 4 is 11.4 Å². The average molecular weight is 153 g/mol. The molecule has 11 heavy (non-hydrogen) atoms. The molecule has 1 aromatic heterocycles. The first-order valence-electron chi connectivity index (χ1n) is 3.28. The van der Waals surface area contributed by atoms with E-state index in [2.05, 4.69) is 4.98 Å². The monoisotopic (exact) mass is 153 g/mol. The Morgan fingerprint density at radius 1 is 1.18 bits per heavy atom. The van der Waals surface area contributed by atoms with Crippen molar-refractivity contribution in [3.63, 3.8) is 0 Å². The predicted octanol–water partition coefficient (Wildman–Crippen LogP) is 0.156. The third-order valence-electron chi connectivity index (χ3n) is 1.76. The lowest BCUT2D eigenvalue weighted by Crippen LogP contribution is -2.16. The zero-order valence-electron chi connectivity index (χ0n) is 6.56. The minimum atomic E-state index is -0.269. The predicted molar refractivity (Wildman–Crippen MR) is 45.4 cm³/mol. The lowest BCUT2D eigenvalue weighted by atomic mass is 10.2. The van der Waals surface area contributed by atoms with Crippen LogP contribution in [-0.4, -0.2) is 4.98 Å². The Balaban J connectivity index is 3.59. The van der Waals surface area contributed by atoms with Crippen LogP contribution in [0, 0.1) is 13.8 Å². The number of hydrogen-bond acceptors (Lipinski definition) is 3. The van der Waals surface area contributed by atoms with Crippen LogP contribution < -0.4 is 17.0 Å². The van der Waals surface area contributed by atoms with Gasteiger partial charge >= 0.3 is 0 Å². The Kier molecular flexibility index (Phi) is 1.60. The largest absolute Gasteiger partial charge is 0.397 e. The van der Waals surface area contributed by atoms with E-state index in [4.69, 9.17) is 11.5 Å². The molecule has 1 rings (SSSR count). The van der Waals surface area contributed by atoms with Gasteiger partial charge in [0, 0.05) is 11.3 Å². The van der Waals surface area contributed by atoms with Crippen molar-refractivity contribution in [1.82, 2.24) is 4.98 Å². The molecule has 0 aliphatic carbocycles. The molecule has 0 amide bonds. The minimum Gasteiger partial charge on any atom is -0.397 e. The van der Waals surface area contributed by atoms with Gasteiger partial charge in [-0.25, -0.2) is 0 Å². The highest BCUT2D eigenvalue weighted by Crippen LogP contribution is 2.15. The number of H-pyrrole nitrogens is 1. The Hall–Kier alpha value is -1.45. The second-order valence-electron chi connectivity index (χ2n) is 2.53. The van der Waals surface area contributed by atoms with Gasteiger partial charge in [-0.05, 0) is 13.8 Å². The summed E-state index contributed by atoms with van der Waals surface area (Å²) in [6, 6.07) is 0. The fourth-order valence-electron chi connectivity index (χ4n) is 0.902. The van der Waals surface area contributed by atoms with Crippen molar-refractivity contribution < 1.29 is 0 Å². The fourth-order valence-corrected chi connectivity index (χ4v) is 0.902. The van der Waals surface area contributed by atoms with Crippen LogP contribution in [0.3, 0.4) is 0 Å². The van der Waals surface area contributed by atoms with Crippen LogP contribution >= 0.6 is 0 Å². The number of aryl methyl sites for hydroxylation is 1. The molecule has 1 aromatic rings. The second kappa shape index (κ2) is 2.30. The number of anilines is 2. The molecule has 4 heteroatoms.